The predicted molar refractivity (Wildman–Crippen MR) is 130 cm³/mol. The molecule has 4 aromatic rings. The third-order valence-corrected chi connectivity index (χ3v) is 6.84. The summed E-state index contributed by atoms with van der Waals surface area (Å²) in [7, 11) is 0. The SMILES string of the molecule is C[C@H](N[C@@H](C)C1CCNCC1)c1ccc2c(-c3ccncc3)c(-c3ccc(F)cc3)nn2c1. The number of nitrogens with one attached hydrogen (secondary N) is 2. The molecule has 33 heavy (non-hydrogen) atoms. The Morgan fingerprint density at radius 3 is 2.42 bits per heavy atom. The summed E-state index contributed by atoms with van der Waals surface area (Å²) in [5.41, 5.74) is 6.00. The molecule has 2 atom stereocenters. The van der Waals surface area contributed by atoms with E-state index >= 15 is 0 Å². The van der Waals surface area contributed by atoms with E-state index in [2.05, 4.69) is 47.8 Å². The van der Waals surface area contributed by atoms with Crippen LogP contribution >= 0.6 is 0 Å². The summed E-state index contributed by atoms with van der Waals surface area (Å²) in [4.78, 5) is 4.16. The Kier molecular flexibility index (Phi) is 6.20. The van der Waals surface area contributed by atoms with Crippen molar-refractivity contribution in [3.05, 3.63) is 78.5 Å². The largest absolute Gasteiger partial charge is 0.317 e. The van der Waals surface area contributed by atoms with Gasteiger partial charge in [0.1, 0.15) is 11.5 Å². The fourth-order valence-corrected chi connectivity index (χ4v) is 4.91. The fourth-order valence-electron chi connectivity index (χ4n) is 4.91. The second-order valence-corrected chi connectivity index (χ2v) is 9.02. The highest BCUT2D eigenvalue weighted by Crippen LogP contribution is 2.35. The summed E-state index contributed by atoms with van der Waals surface area (Å²) in [5, 5.41) is 12.2. The van der Waals surface area contributed by atoms with E-state index in [-0.39, 0.29) is 11.9 Å². The monoisotopic (exact) mass is 443 g/mol. The van der Waals surface area contributed by atoms with Gasteiger partial charge in [-0.15, -0.1) is 0 Å². The summed E-state index contributed by atoms with van der Waals surface area (Å²) in [5.74, 6) is 0.448. The topological polar surface area (TPSA) is 54.2 Å². The zero-order valence-electron chi connectivity index (χ0n) is 19.1. The molecule has 0 saturated carbocycles. The number of halogens is 1. The zero-order chi connectivity index (χ0) is 22.8. The molecule has 5 nitrogen and oxygen atoms in total. The highest BCUT2D eigenvalue weighted by atomic mass is 19.1. The molecule has 4 heterocycles. The second-order valence-electron chi connectivity index (χ2n) is 9.02. The molecule has 5 rings (SSSR count). The van der Waals surface area contributed by atoms with Gasteiger partial charge in [0.15, 0.2) is 0 Å². The quantitative estimate of drug-likeness (QED) is 0.428. The van der Waals surface area contributed by atoms with Gasteiger partial charge in [0, 0.05) is 41.8 Å². The maximum absolute atomic E-state index is 13.6. The van der Waals surface area contributed by atoms with Gasteiger partial charge >= 0.3 is 0 Å². The molecule has 0 amide bonds. The van der Waals surface area contributed by atoms with Crippen LogP contribution in [0.3, 0.4) is 0 Å². The van der Waals surface area contributed by atoms with E-state index in [1.54, 1.807) is 24.5 Å². The summed E-state index contributed by atoms with van der Waals surface area (Å²) in [6.07, 6.45) is 8.12. The minimum absolute atomic E-state index is 0.210. The number of aromatic nitrogens is 3. The van der Waals surface area contributed by atoms with Crippen LogP contribution in [0.5, 0.6) is 0 Å². The molecule has 0 radical (unpaired) electrons. The van der Waals surface area contributed by atoms with Gasteiger partial charge in [-0.3, -0.25) is 4.98 Å². The van der Waals surface area contributed by atoms with Crippen LogP contribution < -0.4 is 10.6 Å². The number of nitrogens with zero attached hydrogens (tertiary/aromatic N) is 3. The van der Waals surface area contributed by atoms with Gasteiger partial charge in [0.2, 0.25) is 0 Å². The third-order valence-electron chi connectivity index (χ3n) is 6.84. The number of fused-ring (bicyclic) bond motifs is 1. The van der Waals surface area contributed by atoms with E-state index in [1.807, 2.05) is 16.6 Å². The molecule has 1 fully saturated rings. The summed E-state index contributed by atoms with van der Waals surface area (Å²) in [6, 6.07) is 15.5. The summed E-state index contributed by atoms with van der Waals surface area (Å²) < 4.78 is 15.5. The molecule has 0 spiro atoms. The van der Waals surface area contributed by atoms with Crippen molar-refractivity contribution in [3.8, 4) is 22.4 Å². The average Bonchev–Trinajstić information content (AvgIpc) is 3.24. The van der Waals surface area contributed by atoms with Crippen LogP contribution in [0.1, 0.15) is 38.3 Å². The lowest BCUT2D eigenvalue weighted by atomic mass is 9.90. The normalized spacial score (nSPS) is 16.7. The molecule has 1 aliphatic heterocycles. The van der Waals surface area contributed by atoms with E-state index in [4.69, 9.17) is 5.10 Å². The number of rotatable bonds is 6. The first-order valence-corrected chi connectivity index (χ1v) is 11.8. The van der Waals surface area contributed by atoms with E-state index < -0.39 is 0 Å². The Bertz CT molecular complexity index is 1210. The minimum Gasteiger partial charge on any atom is -0.317 e. The van der Waals surface area contributed by atoms with Crippen LogP contribution in [-0.2, 0) is 0 Å². The van der Waals surface area contributed by atoms with Gasteiger partial charge < -0.3 is 10.6 Å². The smallest absolute Gasteiger partial charge is 0.123 e. The lowest BCUT2D eigenvalue weighted by molar-refractivity contribution is 0.278. The first-order chi connectivity index (χ1) is 16.1. The van der Waals surface area contributed by atoms with E-state index in [0.717, 1.165) is 41.0 Å². The maximum atomic E-state index is 13.6. The lowest BCUT2D eigenvalue weighted by Gasteiger charge is -2.31. The molecule has 0 aliphatic carbocycles. The van der Waals surface area contributed by atoms with Gasteiger partial charge in [-0.05, 0) is 99.3 Å². The highest BCUT2D eigenvalue weighted by Gasteiger charge is 2.22. The maximum Gasteiger partial charge on any atom is 0.123 e. The summed E-state index contributed by atoms with van der Waals surface area (Å²) >= 11 is 0. The van der Waals surface area contributed by atoms with Crippen molar-refractivity contribution in [1.29, 1.82) is 0 Å². The Balaban J connectivity index is 1.51. The fraction of sp³-hybridized carbons (Fsp3) is 0.333. The molecule has 3 aromatic heterocycles. The van der Waals surface area contributed by atoms with Crippen molar-refractivity contribution in [1.82, 2.24) is 25.2 Å². The van der Waals surface area contributed by atoms with Crippen molar-refractivity contribution >= 4 is 5.52 Å². The first-order valence-electron chi connectivity index (χ1n) is 11.8. The van der Waals surface area contributed by atoms with Gasteiger partial charge in [-0.2, -0.15) is 5.10 Å². The molecule has 1 saturated heterocycles. The molecule has 170 valence electrons. The molecular weight excluding hydrogens is 413 g/mol. The van der Waals surface area contributed by atoms with Gasteiger partial charge in [-0.25, -0.2) is 8.91 Å². The number of hydrogen-bond acceptors (Lipinski definition) is 4. The van der Waals surface area contributed by atoms with Crippen molar-refractivity contribution in [2.24, 2.45) is 5.92 Å². The van der Waals surface area contributed by atoms with E-state index in [9.17, 15) is 4.39 Å². The molecule has 0 unspecified atom stereocenters. The summed E-state index contributed by atoms with van der Waals surface area (Å²) in [6.45, 7) is 6.72. The lowest BCUT2D eigenvalue weighted by Crippen LogP contribution is -2.41. The second kappa shape index (κ2) is 9.41. The van der Waals surface area contributed by atoms with Crippen LogP contribution in [0.2, 0.25) is 0 Å². The highest BCUT2D eigenvalue weighted by molar-refractivity contribution is 5.92. The zero-order valence-corrected chi connectivity index (χ0v) is 19.1. The van der Waals surface area contributed by atoms with Crippen molar-refractivity contribution in [2.75, 3.05) is 13.1 Å². The standard InChI is InChI=1S/C27H30FN5/c1-18(20-9-13-29-14-10-20)31-19(2)23-5-8-25-26(21-11-15-30-16-12-21)27(32-33(25)17-23)22-3-6-24(28)7-4-22/h3-8,11-12,15-20,29,31H,9-10,13-14H2,1-2H3/t18-,19-/m0/s1. The number of benzene rings is 1. The average molecular weight is 444 g/mol. The Labute approximate surface area is 194 Å². The molecule has 1 aromatic carbocycles. The van der Waals surface area contributed by atoms with E-state index in [1.165, 1.54) is 30.5 Å². The Morgan fingerprint density at radius 2 is 1.70 bits per heavy atom. The van der Waals surface area contributed by atoms with Crippen molar-refractivity contribution in [2.45, 2.75) is 38.8 Å². The molecular formula is C27H30FN5. The molecule has 2 N–H and O–H groups in total. The Morgan fingerprint density at radius 1 is 0.970 bits per heavy atom. The third kappa shape index (κ3) is 4.54. The van der Waals surface area contributed by atoms with Crippen LogP contribution in [0.4, 0.5) is 4.39 Å². The predicted octanol–water partition coefficient (Wildman–Crippen LogP) is 5.24. The van der Waals surface area contributed by atoms with Crippen LogP contribution in [0.15, 0.2) is 67.1 Å². The van der Waals surface area contributed by atoms with Crippen molar-refractivity contribution < 1.29 is 4.39 Å². The molecule has 6 heteroatoms. The van der Waals surface area contributed by atoms with Crippen LogP contribution in [-0.4, -0.2) is 33.7 Å². The van der Waals surface area contributed by atoms with Gasteiger partial charge in [0.25, 0.3) is 0 Å². The van der Waals surface area contributed by atoms with Crippen LogP contribution in [0, 0.1) is 11.7 Å². The molecule has 0 bridgehead atoms. The number of piperidine rings is 1. The Hall–Kier alpha value is -3.09. The molecule has 1 aliphatic rings. The number of hydrogen-bond donors (Lipinski definition) is 2. The van der Waals surface area contributed by atoms with E-state index in [0.29, 0.717) is 12.0 Å². The van der Waals surface area contributed by atoms with Gasteiger partial charge in [0.05, 0.1) is 5.52 Å². The first kappa shape index (κ1) is 21.7. The number of pyridine rings is 2. The van der Waals surface area contributed by atoms with Crippen molar-refractivity contribution in [3.63, 3.8) is 0 Å². The van der Waals surface area contributed by atoms with Gasteiger partial charge in [-0.1, -0.05) is 6.07 Å². The van der Waals surface area contributed by atoms with Crippen LogP contribution in [0.25, 0.3) is 27.9 Å². The minimum atomic E-state index is -0.252.